The smallest absolute Gasteiger partial charge is 0.123 e. The normalized spacial score (nSPS) is 23.1. The Kier molecular flexibility index (Phi) is 5.38. The van der Waals surface area contributed by atoms with Gasteiger partial charge in [0.25, 0.3) is 0 Å². The van der Waals surface area contributed by atoms with Crippen LogP contribution in [-0.2, 0) is 11.3 Å². The van der Waals surface area contributed by atoms with Crippen LogP contribution in [0.3, 0.4) is 0 Å². The third-order valence-corrected chi connectivity index (χ3v) is 3.86. The van der Waals surface area contributed by atoms with Crippen molar-refractivity contribution in [3.63, 3.8) is 0 Å². The molecule has 2 rings (SSSR count). The standard InChI is InChI=1S/C16H25FN2O/c1-4-15-11-20-12(3)10-19(15)16-7-6-14(17)8-13(16)9-18-5-2/h6-8,12,15,18H,4-5,9-11H2,1-3H3. The molecule has 2 atom stereocenters. The van der Waals surface area contributed by atoms with Crippen LogP contribution in [0.2, 0.25) is 0 Å². The molecule has 0 saturated carbocycles. The summed E-state index contributed by atoms with van der Waals surface area (Å²) in [6.45, 7) is 9.51. The van der Waals surface area contributed by atoms with Crippen LogP contribution in [0, 0.1) is 5.82 Å². The second kappa shape index (κ2) is 7.04. The largest absolute Gasteiger partial charge is 0.375 e. The van der Waals surface area contributed by atoms with E-state index in [2.05, 4.69) is 31.0 Å². The van der Waals surface area contributed by atoms with Crippen molar-refractivity contribution < 1.29 is 9.13 Å². The number of ether oxygens (including phenoxy) is 1. The first-order valence-corrected chi connectivity index (χ1v) is 7.53. The lowest BCUT2D eigenvalue weighted by atomic mass is 10.1. The Morgan fingerprint density at radius 3 is 2.90 bits per heavy atom. The quantitative estimate of drug-likeness (QED) is 0.897. The van der Waals surface area contributed by atoms with Crippen molar-refractivity contribution >= 4 is 5.69 Å². The van der Waals surface area contributed by atoms with Gasteiger partial charge in [0.1, 0.15) is 5.82 Å². The SMILES string of the molecule is CCNCc1cc(F)ccc1N1CC(C)OCC1CC. The second-order valence-corrected chi connectivity index (χ2v) is 5.41. The minimum Gasteiger partial charge on any atom is -0.375 e. The van der Waals surface area contributed by atoms with Crippen LogP contribution in [0.4, 0.5) is 10.1 Å². The summed E-state index contributed by atoms with van der Waals surface area (Å²) in [6.07, 6.45) is 1.25. The lowest BCUT2D eigenvalue weighted by Gasteiger charge is -2.41. The molecule has 4 heteroatoms. The van der Waals surface area contributed by atoms with Gasteiger partial charge in [-0.25, -0.2) is 4.39 Å². The summed E-state index contributed by atoms with van der Waals surface area (Å²) < 4.78 is 19.3. The van der Waals surface area contributed by atoms with Crippen LogP contribution < -0.4 is 10.2 Å². The van der Waals surface area contributed by atoms with Crippen LogP contribution in [0.1, 0.15) is 32.8 Å². The zero-order valence-corrected chi connectivity index (χ0v) is 12.7. The highest BCUT2D eigenvalue weighted by atomic mass is 19.1. The van der Waals surface area contributed by atoms with Crippen LogP contribution in [-0.4, -0.2) is 31.8 Å². The van der Waals surface area contributed by atoms with Gasteiger partial charge in [-0.15, -0.1) is 0 Å². The molecule has 1 N–H and O–H groups in total. The monoisotopic (exact) mass is 280 g/mol. The highest BCUT2D eigenvalue weighted by molar-refractivity contribution is 5.55. The van der Waals surface area contributed by atoms with Gasteiger partial charge in [0.05, 0.1) is 18.8 Å². The van der Waals surface area contributed by atoms with E-state index < -0.39 is 0 Å². The molecule has 1 fully saturated rings. The number of morpholine rings is 1. The molecule has 1 heterocycles. The van der Waals surface area contributed by atoms with Crippen LogP contribution >= 0.6 is 0 Å². The number of nitrogens with one attached hydrogen (secondary N) is 1. The molecule has 2 unspecified atom stereocenters. The molecular weight excluding hydrogens is 255 g/mol. The molecule has 0 spiro atoms. The van der Waals surface area contributed by atoms with E-state index in [1.54, 1.807) is 12.1 Å². The number of anilines is 1. The fourth-order valence-electron chi connectivity index (χ4n) is 2.71. The van der Waals surface area contributed by atoms with Crippen molar-refractivity contribution in [2.24, 2.45) is 0 Å². The molecule has 112 valence electrons. The summed E-state index contributed by atoms with van der Waals surface area (Å²) in [5.41, 5.74) is 2.16. The molecular formula is C16H25FN2O. The minimum atomic E-state index is -0.170. The van der Waals surface area contributed by atoms with Gasteiger partial charge in [0, 0.05) is 18.8 Å². The van der Waals surface area contributed by atoms with Gasteiger partial charge in [0.2, 0.25) is 0 Å². The fourth-order valence-corrected chi connectivity index (χ4v) is 2.71. The highest BCUT2D eigenvalue weighted by Crippen LogP contribution is 2.27. The van der Waals surface area contributed by atoms with E-state index in [1.165, 1.54) is 0 Å². The van der Waals surface area contributed by atoms with Crippen molar-refractivity contribution in [3.8, 4) is 0 Å². The Morgan fingerprint density at radius 1 is 1.40 bits per heavy atom. The van der Waals surface area contributed by atoms with E-state index in [1.807, 2.05) is 6.07 Å². The average Bonchev–Trinajstić information content (AvgIpc) is 2.45. The number of rotatable bonds is 5. The van der Waals surface area contributed by atoms with Crippen molar-refractivity contribution in [2.75, 3.05) is 24.6 Å². The first-order valence-electron chi connectivity index (χ1n) is 7.53. The van der Waals surface area contributed by atoms with E-state index >= 15 is 0 Å². The average molecular weight is 280 g/mol. The molecule has 0 amide bonds. The summed E-state index contributed by atoms with van der Waals surface area (Å²) in [6, 6.07) is 5.47. The lowest BCUT2D eigenvalue weighted by molar-refractivity contribution is 0.0299. The van der Waals surface area contributed by atoms with E-state index in [0.29, 0.717) is 12.6 Å². The lowest BCUT2D eigenvalue weighted by Crippen LogP contribution is -2.49. The van der Waals surface area contributed by atoms with Gasteiger partial charge < -0.3 is 15.0 Å². The van der Waals surface area contributed by atoms with Crippen molar-refractivity contribution in [1.29, 1.82) is 0 Å². The molecule has 3 nitrogen and oxygen atoms in total. The number of hydrogen-bond donors (Lipinski definition) is 1. The molecule has 1 aliphatic heterocycles. The predicted molar refractivity (Wildman–Crippen MR) is 80.6 cm³/mol. The summed E-state index contributed by atoms with van der Waals surface area (Å²) in [5, 5.41) is 3.29. The van der Waals surface area contributed by atoms with Gasteiger partial charge in [-0.3, -0.25) is 0 Å². The van der Waals surface area contributed by atoms with Crippen molar-refractivity contribution in [2.45, 2.75) is 45.9 Å². The molecule has 0 bridgehead atoms. The number of halogens is 1. The van der Waals surface area contributed by atoms with Crippen LogP contribution in [0.5, 0.6) is 0 Å². The fraction of sp³-hybridized carbons (Fsp3) is 0.625. The zero-order chi connectivity index (χ0) is 14.5. The number of hydrogen-bond acceptors (Lipinski definition) is 3. The number of benzene rings is 1. The maximum absolute atomic E-state index is 13.5. The van der Waals surface area contributed by atoms with Gasteiger partial charge >= 0.3 is 0 Å². The molecule has 1 aromatic carbocycles. The van der Waals surface area contributed by atoms with Crippen LogP contribution in [0.15, 0.2) is 18.2 Å². The molecule has 1 aromatic rings. The Balaban J connectivity index is 2.28. The summed E-state index contributed by atoms with van der Waals surface area (Å²) in [7, 11) is 0. The second-order valence-electron chi connectivity index (χ2n) is 5.41. The first kappa shape index (κ1) is 15.3. The third kappa shape index (κ3) is 3.49. The van der Waals surface area contributed by atoms with E-state index in [9.17, 15) is 4.39 Å². The Morgan fingerprint density at radius 2 is 2.20 bits per heavy atom. The van der Waals surface area contributed by atoms with Crippen LogP contribution in [0.25, 0.3) is 0 Å². The summed E-state index contributed by atoms with van der Waals surface area (Å²) >= 11 is 0. The summed E-state index contributed by atoms with van der Waals surface area (Å²) in [5.74, 6) is -0.170. The van der Waals surface area contributed by atoms with Crippen molar-refractivity contribution in [1.82, 2.24) is 5.32 Å². The molecule has 1 aliphatic rings. The third-order valence-electron chi connectivity index (χ3n) is 3.86. The minimum absolute atomic E-state index is 0.170. The molecule has 0 radical (unpaired) electrons. The Bertz CT molecular complexity index is 438. The van der Waals surface area contributed by atoms with E-state index in [0.717, 1.165) is 37.4 Å². The van der Waals surface area contributed by atoms with Gasteiger partial charge in [-0.2, -0.15) is 0 Å². The first-order chi connectivity index (χ1) is 9.65. The molecule has 0 aliphatic carbocycles. The van der Waals surface area contributed by atoms with Gasteiger partial charge in [-0.05, 0) is 43.7 Å². The molecule has 20 heavy (non-hydrogen) atoms. The zero-order valence-electron chi connectivity index (χ0n) is 12.7. The summed E-state index contributed by atoms with van der Waals surface area (Å²) in [4.78, 5) is 2.38. The van der Waals surface area contributed by atoms with Gasteiger partial charge in [0.15, 0.2) is 0 Å². The number of nitrogens with zero attached hydrogens (tertiary/aromatic N) is 1. The van der Waals surface area contributed by atoms with E-state index in [-0.39, 0.29) is 11.9 Å². The predicted octanol–water partition coefficient (Wildman–Crippen LogP) is 2.94. The van der Waals surface area contributed by atoms with E-state index in [4.69, 9.17) is 4.74 Å². The molecule has 1 saturated heterocycles. The highest BCUT2D eigenvalue weighted by Gasteiger charge is 2.27. The van der Waals surface area contributed by atoms with Gasteiger partial charge in [-0.1, -0.05) is 13.8 Å². The Hall–Kier alpha value is -1.13. The maximum Gasteiger partial charge on any atom is 0.123 e. The van der Waals surface area contributed by atoms with Crippen molar-refractivity contribution in [3.05, 3.63) is 29.6 Å². The topological polar surface area (TPSA) is 24.5 Å². The Labute approximate surface area is 121 Å². The maximum atomic E-state index is 13.5. The molecule has 0 aromatic heterocycles.